The molecule has 116 valence electrons. The molecule has 2 rings (SSSR count). The van der Waals surface area contributed by atoms with Crippen molar-refractivity contribution in [3.8, 4) is 5.75 Å². The van der Waals surface area contributed by atoms with Crippen LogP contribution in [0.3, 0.4) is 0 Å². The highest BCUT2D eigenvalue weighted by molar-refractivity contribution is 9.10. The summed E-state index contributed by atoms with van der Waals surface area (Å²) in [5.41, 5.74) is 0.507. The predicted octanol–water partition coefficient (Wildman–Crippen LogP) is 5.38. The molecule has 0 saturated heterocycles. The van der Waals surface area contributed by atoms with E-state index >= 15 is 0 Å². The summed E-state index contributed by atoms with van der Waals surface area (Å²) < 4.78 is 11.4. The second kappa shape index (κ2) is 8.27. The lowest BCUT2D eigenvalue weighted by Crippen LogP contribution is -2.17. The minimum Gasteiger partial charge on any atom is -0.490 e. The Bertz CT molecular complexity index is 667. The van der Waals surface area contributed by atoms with Crippen LogP contribution in [0, 0.1) is 0 Å². The standard InChI is InChI=1S/C15H12BrCl2NO3/c16-10-2-1-3-12(8-10)21-6-7-22-15(20)19-11-4-5-13(17)14(18)9-11/h1-5,8-9H,6-7H2,(H,19,20). The molecule has 7 heteroatoms. The zero-order valence-electron chi connectivity index (χ0n) is 11.3. The van der Waals surface area contributed by atoms with Gasteiger partial charge in [-0.25, -0.2) is 4.79 Å². The van der Waals surface area contributed by atoms with E-state index in [9.17, 15) is 4.79 Å². The Balaban J connectivity index is 1.72. The molecule has 0 unspecified atom stereocenters. The van der Waals surface area contributed by atoms with Gasteiger partial charge in [-0.15, -0.1) is 0 Å². The number of hydrogen-bond donors (Lipinski definition) is 1. The molecule has 22 heavy (non-hydrogen) atoms. The van der Waals surface area contributed by atoms with Gasteiger partial charge in [0.05, 0.1) is 10.0 Å². The fourth-order valence-electron chi connectivity index (χ4n) is 1.58. The van der Waals surface area contributed by atoms with Gasteiger partial charge in [0, 0.05) is 10.2 Å². The molecule has 0 atom stereocenters. The highest BCUT2D eigenvalue weighted by Crippen LogP contribution is 2.25. The van der Waals surface area contributed by atoms with Crippen molar-refractivity contribution < 1.29 is 14.3 Å². The summed E-state index contributed by atoms with van der Waals surface area (Å²) in [6, 6.07) is 12.2. The quantitative estimate of drug-likeness (QED) is 0.680. The van der Waals surface area contributed by atoms with Crippen molar-refractivity contribution in [2.75, 3.05) is 18.5 Å². The maximum absolute atomic E-state index is 11.6. The van der Waals surface area contributed by atoms with Crippen LogP contribution in [0.15, 0.2) is 46.9 Å². The number of rotatable bonds is 5. The number of ether oxygens (including phenoxy) is 2. The lowest BCUT2D eigenvalue weighted by molar-refractivity contribution is 0.138. The van der Waals surface area contributed by atoms with Gasteiger partial charge in [0.1, 0.15) is 19.0 Å². The normalized spacial score (nSPS) is 10.1. The third-order valence-corrected chi connectivity index (χ3v) is 3.78. The highest BCUT2D eigenvalue weighted by atomic mass is 79.9. The zero-order valence-corrected chi connectivity index (χ0v) is 14.4. The molecule has 0 bridgehead atoms. The zero-order chi connectivity index (χ0) is 15.9. The molecule has 0 fully saturated rings. The van der Waals surface area contributed by atoms with Crippen molar-refractivity contribution in [3.05, 3.63) is 57.0 Å². The Morgan fingerprint density at radius 1 is 1.09 bits per heavy atom. The summed E-state index contributed by atoms with van der Waals surface area (Å²) in [6.45, 7) is 0.380. The van der Waals surface area contributed by atoms with Crippen LogP contribution in [0.5, 0.6) is 5.75 Å². The van der Waals surface area contributed by atoms with E-state index in [0.29, 0.717) is 21.5 Å². The van der Waals surface area contributed by atoms with Gasteiger partial charge in [0.15, 0.2) is 0 Å². The maximum atomic E-state index is 11.6. The first kappa shape index (κ1) is 16.9. The van der Waals surface area contributed by atoms with E-state index in [0.717, 1.165) is 4.47 Å². The van der Waals surface area contributed by atoms with E-state index in [1.54, 1.807) is 18.2 Å². The Labute approximate surface area is 146 Å². The first-order valence-electron chi connectivity index (χ1n) is 6.32. The van der Waals surface area contributed by atoms with E-state index in [2.05, 4.69) is 21.2 Å². The molecule has 2 aromatic carbocycles. The molecule has 0 saturated carbocycles. The Kier molecular flexibility index (Phi) is 6.36. The van der Waals surface area contributed by atoms with E-state index in [1.165, 1.54) is 0 Å². The highest BCUT2D eigenvalue weighted by Gasteiger charge is 2.05. The van der Waals surface area contributed by atoms with Crippen molar-refractivity contribution >= 4 is 50.9 Å². The molecule has 0 aromatic heterocycles. The number of anilines is 1. The van der Waals surface area contributed by atoms with Crippen molar-refractivity contribution in [2.24, 2.45) is 0 Å². The lowest BCUT2D eigenvalue weighted by atomic mass is 10.3. The molecule has 0 heterocycles. The minimum atomic E-state index is -0.587. The summed E-state index contributed by atoms with van der Waals surface area (Å²) in [6.07, 6.45) is -0.587. The van der Waals surface area contributed by atoms with Crippen LogP contribution in [-0.4, -0.2) is 19.3 Å². The second-order valence-corrected chi connectivity index (χ2v) is 5.93. The summed E-state index contributed by atoms with van der Waals surface area (Å²) in [5.74, 6) is 0.697. The van der Waals surface area contributed by atoms with Gasteiger partial charge in [-0.05, 0) is 36.4 Å². The van der Waals surface area contributed by atoms with Gasteiger partial charge < -0.3 is 9.47 Å². The average molecular weight is 405 g/mol. The molecule has 0 aliphatic heterocycles. The topological polar surface area (TPSA) is 47.6 Å². The summed E-state index contributed by atoms with van der Waals surface area (Å²) in [7, 11) is 0. The van der Waals surface area contributed by atoms with Crippen molar-refractivity contribution in [1.82, 2.24) is 0 Å². The molecule has 0 aliphatic carbocycles. The van der Waals surface area contributed by atoms with Gasteiger partial charge in [-0.1, -0.05) is 45.2 Å². The first-order chi connectivity index (χ1) is 10.5. The third-order valence-electron chi connectivity index (χ3n) is 2.55. The fourth-order valence-corrected chi connectivity index (χ4v) is 2.25. The van der Waals surface area contributed by atoms with Crippen LogP contribution in [0.4, 0.5) is 10.5 Å². The number of hydrogen-bond acceptors (Lipinski definition) is 3. The van der Waals surface area contributed by atoms with Crippen LogP contribution in [0.2, 0.25) is 10.0 Å². The molecule has 2 aromatic rings. The van der Waals surface area contributed by atoms with Crippen molar-refractivity contribution in [3.63, 3.8) is 0 Å². The molecule has 0 aliphatic rings. The number of amides is 1. The van der Waals surface area contributed by atoms with E-state index in [1.807, 2.05) is 24.3 Å². The number of carbonyl (C=O) groups excluding carboxylic acids is 1. The fraction of sp³-hybridized carbons (Fsp3) is 0.133. The Hall–Kier alpha value is -1.43. The van der Waals surface area contributed by atoms with Crippen LogP contribution >= 0.6 is 39.1 Å². The largest absolute Gasteiger partial charge is 0.490 e. The lowest BCUT2D eigenvalue weighted by Gasteiger charge is -2.09. The second-order valence-electron chi connectivity index (χ2n) is 4.20. The Morgan fingerprint density at radius 3 is 2.64 bits per heavy atom. The van der Waals surface area contributed by atoms with Crippen molar-refractivity contribution in [2.45, 2.75) is 0 Å². The summed E-state index contributed by atoms with van der Waals surface area (Å²) in [5, 5.41) is 3.33. The third kappa shape index (κ3) is 5.40. The van der Waals surface area contributed by atoms with Gasteiger partial charge in [0.2, 0.25) is 0 Å². The van der Waals surface area contributed by atoms with Crippen molar-refractivity contribution in [1.29, 1.82) is 0 Å². The first-order valence-corrected chi connectivity index (χ1v) is 7.86. The number of benzene rings is 2. The summed E-state index contributed by atoms with van der Waals surface area (Å²) >= 11 is 15.0. The Morgan fingerprint density at radius 2 is 1.91 bits per heavy atom. The van der Waals surface area contributed by atoms with Gasteiger partial charge in [-0.2, -0.15) is 0 Å². The summed E-state index contributed by atoms with van der Waals surface area (Å²) in [4.78, 5) is 11.6. The molecular weight excluding hydrogens is 393 g/mol. The van der Waals surface area contributed by atoms with Gasteiger partial charge in [-0.3, -0.25) is 5.32 Å². The van der Waals surface area contributed by atoms with E-state index < -0.39 is 6.09 Å². The average Bonchev–Trinajstić information content (AvgIpc) is 2.48. The molecule has 4 nitrogen and oxygen atoms in total. The molecule has 0 spiro atoms. The molecule has 1 amide bonds. The maximum Gasteiger partial charge on any atom is 0.411 e. The number of nitrogens with one attached hydrogen (secondary N) is 1. The monoisotopic (exact) mass is 403 g/mol. The SMILES string of the molecule is O=C(Nc1ccc(Cl)c(Cl)c1)OCCOc1cccc(Br)c1. The van der Waals surface area contributed by atoms with E-state index in [4.69, 9.17) is 32.7 Å². The van der Waals surface area contributed by atoms with Gasteiger partial charge >= 0.3 is 6.09 Å². The van der Waals surface area contributed by atoms with Gasteiger partial charge in [0.25, 0.3) is 0 Å². The van der Waals surface area contributed by atoms with Crippen LogP contribution < -0.4 is 10.1 Å². The smallest absolute Gasteiger partial charge is 0.411 e. The van der Waals surface area contributed by atoms with Crippen LogP contribution in [0.25, 0.3) is 0 Å². The minimum absolute atomic E-state index is 0.125. The number of halogens is 3. The molecule has 1 N–H and O–H groups in total. The number of carbonyl (C=O) groups is 1. The van der Waals surface area contributed by atoms with Crippen LogP contribution in [-0.2, 0) is 4.74 Å². The predicted molar refractivity (Wildman–Crippen MR) is 91.1 cm³/mol. The molecular formula is C15H12BrCl2NO3. The van der Waals surface area contributed by atoms with E-state index in [-0.39, 0.29) is 13.2 Å². The van der Waals surface area contributed by atoms with Crippen LogP contribution in [0.1, 0.15) is 0 Å². The molecule has 0 radical (unpaired) electrons.